The van der Waals surface area contributed by atoms with Crippen molar-refractivity contribution in [1.82, 2.24) is 15.3 Å². The number of fused-ring (bicyclic) bond motifs is 1. The number of hydrogen-bond donors (Lipinski definition) is 3. The fourth-order valence-corrected chi connectivity index (χ4v) is 2.90. The van der Waals surface area contributed by atoms with Crippen molar-refractivity contribution in [3.63, 3.8) is 0 Å². The first-order valence-electron chi connectivity index (χ1n) is 7.44. The van der Waals surface area contributed by atoms with Gasteiger partial charge in [0.05, 0.1) is 5.39 Å². The average molecular weight is 320 g/mol. The number of aromatic carboxylic acids is 1. The molecule has 0 aromatic carbocycles. The molecule has 1 fully saturated rings. The van der Waals surface area contributed by atoms with Gasteiger partial charge in [-0.3, -0.25) is 4.79 Å². The van der Waals surface area contributed by atoms with E-state index in [1.807, 2.05) is 11.8 Å². The van der Waals surface area contributed by atoms with Gasteiger partial charge in [-0.1, -0.05) is 6.92 Å². The first kappa shape index (κ1) is 15.4. The number of anilines is 1. The number of aromatic nitrogens is 2. The maximum Gasteiger partial charge on any atom is 0.341 e. The Hall–Kier alpha value is -2.48. The van der Waals surface area contributed by atoms with E-state index in [0.29, 0.717) is 13.1 Å². The van der Waals surface area contributed by atoms with Gasteiger partial charge in [-0.15, -0.1) is 0 Å². The third-order valence-corrected chi connectivity index (χ3v) is 4.01. The highest BCUT2D eigenvalue weighted by atomic mass is 19.1. The van der Waals surface area contributed by atoms with Crippen LogP contribution in [0.3, 0.4) is 0 Å². The summed E-state index contributed by atoms with van der Waals surface area (Å²) in [6.07, 6.45) is 1.98. The zero-order chi connectivity index (χ0) is 16.6. The highest BCUT2D eigenvalue weighted by Gasteiger charge is 2.26. The van der Waals surface area contributed by atoms with Crippen LogP contribution in [0.2, 0.25) is 0 Å². The minimum atomic E-state index is -1.36. The largest absolute Gasteiger partial charge is 0.477 e. The van der Waals surface area contributed by atoms with Crippen LogP contribution < -0.4 is 15.6 Å². The third-order valence-electron chi connectivity index (χ3n) is 4.01. The van der Waals surface area contributed by atoms with E-state index in [4.69, 9.17) is 5.11 Å². The molecule has 0 spiro atoms. The second-order valence-electron chi connectivity index (χ2n) is 5.52. The van der Waals surface area contributed by atoms with Crippen molar-refractivity contribution in [2.75, 3.05) is 24.5 Å². The number of hydrogen-bond acceptors (Lipinski definition) is 5. The molecule has 2 aromatic rings. The molecule has 0 bridgehead atoms. The Morgan fingerprint density at radius 1 is 1.61 bits per heavy atom. The molecule has 3 rings (SSSR count). The molecule has 1 atom stereocenters. The molecule has 7 nitrogen and oxygen atoms in total. The number of pyridine rings is 2. The van der Waals surface area contributed by atoms with E-state index < -0.39 is 22.8 Å². The quantitative estimate of drug-likeness (QED) is 0.776. The SMILES string of the molecule is CCNC1CCN(c2nc3[nH]cc(C(=O)O)c(=O)c3cc2F)C1. The predicted molar refractivity (Wildman–Crippen MR) is 83.6 cm³/mol. The molecule has 3 heterocycles. The molecule has 1 aliphatic rings. The van der Waals surface area contributed by atoms with Gasteiger partial charge in [-0.2, -0.15) is 0 Å². The molecule has 2 aromatic heterocycles. The monoisotopic (exact) mass is 320 g/mol. The van der Waals surface area contributed by atoms with Crippen LogP contribution >= 0.6 is 0 Å². The molecule has 1 saturated heterocycles. The molecular formula is C15H17FN4O3. The number of aromatic amines is 1. The normalized spacial score (nSPS) is 17.8. The second-order valence-corrected chi connectivity index (χ2v) is 5.52. The van der Waals surface area contributed by atoms with E-state index >= 15 is 0 Å². The lowest BCUT2D eigenvalue weighted by molar-refractivity contribution is 0.0695. The number of nitrogens with zero attached hydrogens (tertiary/aromatic N) is 2. The van der Waals surface area contributed by atoms with E-state index in [-0.39, 0.29) is 22.9 Å². The van der Waals surface area contributed by atoms with Gasteiger partial charge < -0.3 is 20.3 Å². The molecule has 1 unspecified atom stereocenters. The summed E-state index contributed by atoms with van der Waals surface area (Å²) < 4.78 is 14.4. The summed E-state index contributed by atoms with van der Waals surface area (Å²) in [5.41, 5.74) is -0.987. The Morgan fingerprint density at radius 3 is 3.09 bits per heavy atom. The molecule has 3 N–H and O–H groups in total. The maximum atomic E-state index is 14.4. The topological polar surface area (TPSA) is 98.3 Å². The Kier molecular flexibility index (Phi) is 3.99. The standard InChI is InChI=1S/C15H17FN4O3/c1-2-17-8-3-4-20(7-8)14-11(16)5-9-12(21)10(15(22)23)6-18-13(9)19-14/h5-6,8,17H,2-4,7H2,1H3,(H,22,23)(H,18,19,21). The van der Waals surface area contributed by atoms with Crippen LogP contribution in [0.15, 0.2) is 17.1 Å². The molecule has 8 heteroatoms. The van der Waals surface area contributed by atoms with Crippen LogP contribution in [-0.2, 0) is 0 Å². The van der Waals surface area contributed by atoms with Crippen molar-refractivity contribution in [2.45, 2.75) is 19.4 Å². The minimum absolute atomic E-state index is 0.0615. The Labute approximate surface area is 131 Å². The van der Waals surface area contributed by atoms with Gasteiger partial charge >= 0.3 is 5.97 Å². The van der Waals surface area contributed by atoms with Gasteiger partial charge in [0.25, 0.3) is 0 Å². The number of H-pyrrole nitrogens is 1. The van der Waals surface area contributed by atoms with Crippen LogP contribution in [0.4, 0.5) is 10.2 Å². The van der Waals surface area contributed by atoms with Crippen molar-refractivity contribution in [1.29, 1.82) is 0 Å². The fraction of sp³-hybridized carbons (Fsp3) is 0.400. The van der Waals surface area contributed by atoms with E-state index in [1.165, 1.54) is 0 Å². The van der Waals surface area contributed by atoms with Crippen molar-refractivity contribution >= 4 is 22.8 Å². The van der Waals surface area contributed by atoms with E-state index in [1.54, 1.807) is 0 Å². The first-order valence-corrected chi connectivity index (χ1v) is 7.44. The lowest BCUT2D eigenvalue weighted by Gasteiger charge is -2.18. The minimum Gasteiger partial charge on any atom is -0.477 e. The molecule has 23 heavy (non-hydrogen) atoms. The number of likely N-dealkylation sites (N-methyl/N-ethyl adjacent to an activating group) is 1. The first-order chi connectivity index (χ1) is 11.0. The molecule has 0 aliphatic carbocycles. The average Bonchev–Trinajstić information content (AvgIpc) is 2.96. The van der Waals surface area contributed by atoms with Crippen molar-refractivity contribution < 1.29 is 14.3 Å². The fourth-order valence-electron chi connectivity index (χ4n) is 2.90. The van der Waals surface area contributed by atoms with Crippen LogP contribution in [0.1, 0.15) is 23.7 Å². The molecule has 0 amide bonds. The molecule has 0 saturated carbocycles. The second kappa shape index (κ2) is 5.96. The summed E-state index contributed by atoms with van der Waals surface area (Å²) in [7, 11) is 0. The zero-order valence-corrected chi connectivity index (χ0v) is 12.6. The lowest BCUT2D eigenvalue weighted by atomic mass is 10.2. The van der Waals surface area contributed by atoms with Gasteiger partial charge in [0.2, 0.25) is 5.43 Å². The van der Waals surface area contributed by atoms with Gasteiger partial charge in [-0.05, 0) is 19.0 Å². The smallest absolute Gasteiger partial charge is 0.341 e. The number of nitrogens with one attached hydrogen (secondary N) is 2. The van der Waals surface area contributed by atoms with Crippen LogP contribution in [0.5, 0.6) is 0 Å². The lowest BCUT2D eigenvalue weighted by Crippen LogP contribution is -2.32. The van der Waals surface area contributed by atoms with Crippen LogP contribution in [0.25, 0.3) is 11.0 Å². The molecule has 122 valence electrons. The van der Waals surface area contributed by atoms with Gasteiger partial charge in [0.15, 0.2) is 11.6 Å². The van der Waals surface area contributed by atoms with Crippen LogP contribution in [0, 0.1) is 5.82 Å². The van der Waals surface area contributed by atoms with E-state index in [9.17, 15) is 14.0 Å². The number of carbonyl (C=O) groups is 1. The van der Waals surface area contributed by atoms with E-state index in [2.05, 4.69) is 15.3 Å². The maximum absolute atomic E-state index is 14.4. The Morgan fingerprint density at radius 2 is 2.39 bits per heavy atom. The molecule has 1 aliphatic heterocycles. The summed E-state index contributed by atoms with van der Waals surface area (Å²) in [6, 6.07) is 1.34. The Balaban J connectivity index is 2.01. The molecular weight excluding hydrogens is 303 g/mol. The highest BCUT2D eigenvalue weighted by molar-refractivity contribution is 5.91. The Bertz CT molecular complexity index is 820. The number of carboxylic acids is 1. The number of halogens is 1. The number of carboxylic acid groups (broad SMARTS) is 1. The summed E-state index contributed by atoms with van der Waals surface area (Å²) in [4.78, 5) is 31.7. The van der Waals surface area contributed by atoms with Gasteiger partial charge in [-0.25, -0.2) is 14.2 Å². The summed E-state index contributed by atoms with van der Waals surface area (Å²) >= 11 is 0. The summed E-state index contributed by atoms with van der Waals surface area (Å²) in [5, 5.41) is 12.2. The van der Waals surface area contributed by atoms with Crippen molar-refractivity contribution in [3.05, 3.63) is 33.9 Å². The molecule has 0 radical (unpaired) electrons. The number of rotatable bonds is 4. The van der Waals surface area contributed by atoms with Crippen molar-refractivity contribution in [2.24, 2.45) is 0 Å². The summed E-state index contributed by atoms with van der Waals surface area (Å²) in [5.74, 6) is -1.80. The summed E-state index contributed by atoms with van der Waals surface area (Å²) in [6.45, 7) is 4.17. The predicted octanol–water partition coefficient (Wildman–Crippen LogP) is 0.949. The van der Waals surface area contributed by atoms with Gasteiger partial charge in [0.1, 0.15) is 11.2 Å². The third kappa shape index (κ3) is 2.77. The highest BCUT2D eigenvalue weighted by Crippen LogP contribution is 2.23. The zero-order valence-electron chi connectivity index (χ0n) is 12.6. The van der Waals surface area contributed by atoms with Crippen molar-refractivity contribution in [3.8, 4) is 0 Å². The van der Waals surface area contributed by atoms with E-state index in [0.717, 1.165) is 25.2 Å². The van der Waals surface area contributed by atoms with Crippen LogP contribution in [-0.4, -0.2) is 46.7 Å². The van der Waals surface area contributed by atoms with Gasteiger partial charge in [0, 0.05) is 25.3 Å².